The number of urea groups is 1. The Hall–Kier alpha value is -6.29. The molecule has 1 aliphatic rings. The Kier molecular flexibility index (Phi) is 12.4. The molecule has 1 aliphatic heterocycles. The molecule has 9 nitrogen and oxygen atoms in total. The molecule has 1 fully saturated rings. The number of aliphatic hydroxyl groups excluding tert-OH is 2. The van der Waals surface area contributed by atoms with Gasteiger partial charge in [0, 0.05) is 19.0 Å². The van der Waals surface area contributed by atoms with Crippen LogP contribution in [-0.2, 0) is 32.7 Å². The smallest absolute Gasteiger partial charge is 0.321 e. The number of hydrogen-bond donors (Lipinski definition) is 4. The Morgan fingerprint density at radius 2 is 0.965 bits per heavy atom. The molecule has 2 unspecified atom stereocenters. The first-order valence-corrected chi connectivity index (χ1v) is 19.2. The number of ether oxygens (including phenoxy) is 2. The summed E-state index contributed by atoms with van der Waals surface area (Å²) < 4.78 is 12.1. The predicted octanol–water partition coefficient (Wildman–Crippen LogP) is 8.20. The average Bonchev–Trinajstić information content (AvgIpc) is 3.31. The molecule has 0 aliphatic carbocycles. The van der Waals surface area contributed by atoms with Crippen LogP contribution in [0.25, 0.3) is 0 Å². The van der Waals surface area contributed by atoms with Crippen molar-refractivity contribution in [2.24, 2.45) is 0 Å². The lowest BCUT2D eigenvalue weighted by atomic mass is 9.84. The van der Waals surface area contributed by atoms with Crippen molar-refractivity contribution in [1.82, 2.24) is 9.80 Å². The van der Waals surface area contributed by atoms with Crippen LogP contribution in [0.5, 0.6) is 23.0 Å². The number of phenolic OH excluding ortho intramolecular Hbond substituents is 2. The van der Waals surface area contributed by atoms with Crippen LogP contribution >= 0.6 is 0 Å². The van der Waals surface area contributed by atoms with E-state index in [0.717, 1.165) is 33.4 Å². The van der Waals surface area contributed by atoms with Crippen LogP contribution in [-0.4, -0.2) is 60.5 Å². The van der Waals surface area contributed by atoms with Gasteiger partial charge in [-0.05, 0) is 88.3 Å². The fourth-order valence-electron chi connectivity index (χ4n) is 7.49. The molecule has 0 bridgehead atoms. The summed E-state index contributed by atoms with van der Waals surface area (Å²) in [5.74, 6) is 1.13. The second-order valence-electron chi connectivity index (χ2n) is 14.7. The molecule has 6 aromatic carbocycles. The molecular formula is C48H48N2O7. The van der Waals surface area contributed by atoms with Gasteiger partial charge in [0.15, 0.2) is 0 Å². The summed E-state index contributed by atoms with van der Waals surface area (Å²) in [7, 11) is 0. The lowest BCUT2D eigenvalue weighted by Crippen LogP contribution is -2.51. The predicted molar refractivity (Wildman–Crippen MR) is 219 cm³/mol. The molecule has 9 heteroatoms. The van der Waals surface area contributed by atoms with Gasteiger partial charge in [-0.25, -0.2) is 4.79 Å². The van der Waals surface area contributed by atoms with Crippen LogP contribution < -0.4 is 9.47 Å². The molecule has 4 N–H and O–H groups in total. The van der Waals surface area contributed by atoms with Gasteiger partial charge in [-0.15, -0.1) is 0 Å². The molecular weight excluding hydrogens is 717 g/mol. The number of aromatic hydroxyl groups is 2. The highest BCUT2D eigenvalue weighted by molar-refractivity contribution is 5.76. The van der Waals surface area contributed by atoms with E-state index in [9.17, 15) is 20.4 Å². The highest BCUT2D eigenvalue weighted by atomic mass is 16.5. The number of nitrogens with zero attached hydrogens (tertiary/aromatic N) is 2. The minimum absolute atomic E-state index is 0.103. The topological polar surface area (TPSA) is 123 Å². The molecule has 7 rings (SSSR count). The van der Waals surface area contributed by atoms with E-state index in [0.29, 0.717) is 24.7 Å². The zero-order chi connectivity index (χ0) is 39.7. The van der Waals surface area contributed by atoms with Crippen LogP contribution in [0.2, 0.25) is 0 Å². The van der Waals surface area contributed by atoms with E-state index >= 15 is 4.79 Å². The standard InChI is InChI=1S/C48H48N2O7/c1-33(39-18-22-41(52)23-19-39)45-47(54)46(53)44(28-34-12-20-40(51)21-13-34)49(29-35-14-24-42(25-15-35)56-31-37-8-4-2-5-9-37)48(55)50(45)30-36-16-26-43(27-17-36)57-32-38-10-6-3-7-11-38/h2-27,33,44-47,51-54H,28-32H2,1H3/t33-,44-,45?,46+,47?/m1/s1. The summed E-state index contributed by atoms with van der Waals surface area (Å²) in [5, 5.41) is 44.6. The quantitative estimate of drug-likeness (QED) is 0.0883. The summed E-state index contributed by atoms with van der Waals surface area (Å²) in [4.78, 5) is 18.6. The van der Waals surface area contributed by atoms with Crippen LogP contribution in [0.3, 0.4) is 0 Å². The second-order valence-corrected chi connectivity index (χ2v) is 14.7. The number of phenols is 2. The lowest BCUT2D eigenvalue weighted by Gasteiger charge is -2.38. The van der Waals surface area contributed by atoms with Gasteiger partial charge < -0.3 is 39.7 Å². The first kappa shape index (κ1) is 39.0. The summed E-state index contributed by atoms with van der Waals surface area (Å²) >= 11 is 0. The molecule has 0 saturated carbocycles. The molecule has 1 saturated heterocycles. The van der Waals surface area contributed by atoms with Gasteiger partial charge in [0.25, 0.3) is 0 Å². The largest absolute Gasteiger partial charge is 0.508 e. The second kappa shape index (κ2) is 18.1. The highest BCUT2D eigenvalue weighted by Crippen LogP contribution is 2.36. The molecule has 1 heterocycles. The van der Waals surface area contributed by atoms with Gasteiger partial charge in [-0.2, -0.15) is 0 Å². The third kappa shape index (κ3) is 9.75. The van der Waals surface area contributed by atoms with Gasteiger partial charge >= 0.3 is 6.03 Å². The number of amides is 2. The third-order valence-corrected chi connectivity index (χ3v) is 10.7. The zero-order valence-electron chi connectivity index (χ0n) is 31.8. The number of hydrogen-bond acceptors (Lipinski definition) is 7. The number of rotatable bonds is 14. The maximum absolute atomic E-state index is 15.3. The normalized spacial score (nSPS) is 18.8. The Bertz CT molecular complexity index is 2160. The van der Waals surface area contributed by atoms with Gasteiger partial charge in [-0.3, -0.25) is 0 Å². The van der Waals surface area contributed by atoms with E-state index in [1.54, 1.807) is 58.3 Å². The van der Waals surface area contributed by atoms with Crippen LogP contribution in [0.1, 0.15) is 46.2 Å². The van der Waals surface area contributed by atoms with E-state index in [4.69, 9.17) is 9.47 Å². The number of carbonyl (C=O) groups excluding carboxylic acids is 1. The van der Waals surface area contributed by atoms with Gasteiger partial charge in [-0.1, -0.05) is 116 Å². The SMILES string of the molecule is C[C@H](c1ccc(O)cc1)C1C(O)[C@@H](O)[C@@H](Cc2ccc(O)cc2)N(Cc2ccc(OCc3ccccc3)cc2)C(=O)N1Cc1ccc(OCc2ccccc2)cc1. The minimum atomic E-state index is -1.35. The van der Waals surface area contributed by atoms with Crippen molar-refractivity contribution < 1.29 is 34.7 Å². The monoisotopic (exact) mass is 764 g/mol. The van der Waals surface area contributed by atoms with E-state index in [-0.39, 0.29) is 37.0 Å². The molecule has 0 aromatic heterocycles. The molecule has 6 aromatic rings. The summed E-state index contributed by atoms with van der Waals surface area (Å²) in [6, 6.07) is 46.3. The molecule has 2 amide bonds. The van der Waals surface area contributed by atoms with Gasteiger partial charge in [0.2, 0.25) is 0 Å². The van der Waals surface area contributed by atoms with Gasteiger partial charge in [0.1, 0.15) is 48.4 Å². The number of aliphatic hydroxyl groups is 2. The van der Waals surface area contributed by atoms with Crippen LogP contribution in [0, 0.1) is 0 Å². The van der Waals surface area contributed by atoms with Crippen molar-refractivity contribution in [3.05, 3.63) is 191 Å². The Morgan fingerprint density at radius 3 is 1.46 bits per heavy atom. The van der Waals surface area contributed by atoms with Crippen molar-refractivity contribution in [3.63, 3.8) is 0 Å². The maximum Gasteiger partial charge on any atom is 0.321 e. The number of benzene rings is 6. The molecule has 57 heavy (non-hydrogen) atoms. The van der Waals surface area contributed by atoms with E-state index in [2.05, 4.69) is 0 Å². The Morgan fingerprint density at radius 1 is 0.526 bits per heavy atom. The highest BCUT2D eigenvalue weighted by Gasteiger charge is 2.48. The van der Waals surface area contributed by atoms with Crippen molar-refractivity contribution in [2.45, 2.75) is 69.9 Å². The van der Waals surface area contributed by atoms with Gasteiger partial charge in [0.05, 0.1) is 12.1 Å². The fourth-order valence-corrected chi connectivity index (χ4v) is 7.49. The zero-order valence-corrected chi connectivity index (χ0v) is 31.8. The van der Waals surface area contributed by atoms with E-state index in [1.807, 2.05) is 116 Å². The molecule has 0 spiro atoms. The minimum Gasteiger partial charge on any atom is -0.508 e. The first-order chi connectivity index (χ1) is 27.7. The maximum atomic E-state index is 15.3. The van der Waals surface area contributed by atoms with Crippen molar-refractivity contribution in [1.29, 1.82) is 0 Å². The lowest BCUT2D eigenvalue weighted by molar-refractivity contribution is -0.0455. The third-order valence-electron chi connectivity index (χ3n) is 10.7. The Balaban J connectivity index is 1.21. The van der Waals surface area contributed by atoms with Crippen molar-refractivity contribution in [2.75, 3.05) is 0 Å². The summed E-state index contributed by atoms with van der Waals surface area (Å²) in [5.41, 5.74) is 5.31. The van der Waals surface area contributed by atoms with E-state index in [1.165, 1.54) is 0 Å². The fraction of sp³-hybridized carbons (Fsp3) is 0.229. The summed E-state index contributed by atoms with van der Waals surface area (Å²) in [6.07, 6.45) is -2.48. The van der Waals surface area contributed by atoms with Crippen LogP contribution in [0.15, 0.2) is 158 Å². The number of carbonyl (C=O) groups is 1. The van der Waals surface area contributed by atoms with E-state index < -0.39 is 30.2 Å². The molecule has 0 radical (unpaired) electrons. The molecule has 292 valence electrons. The summed E-state index contributed by atoms with van der Waals surface area (Å²) in [6.45, 7) is 3.04. The van der Waals surface area contributed by atoms with Crippen LogP contribution in [0.4, 0.5) is 4.79 Å². The van der Waals surface area contributed by atoms with Crippen molar-refractivity contribution >= 4 is 6.03 Å². The Labute approximate surface area is 333 Å². The molecule has 5 atom stereocenters. The first-order valence-electron chi connectivity index (χ1n) is 19.2. The van der Waals surface area contributed by atoms with Crippen molar-refractivity contribution in [3.8, 4) is 23.0 Å². The average molecular weight is 765 g/mol.